The van der Waals surface area contributed by atoms with Gasteiger partial charge in [0, 0.05) is 19.8 Å². The molecule has 0 saturated carbocycles. The van der Waals surface area contributed by atoms with Crippen LogP contribution >= 0.6 is 23.1 Å². The van der Waals surface area contributed by atoms with E-state index in [2.05, 4.69) is 41.5 Å². The number of nitrogens with one attached hydrogen (secondary N) is 1. The SMILES string of the molecule is CC(C)c1ccc(Nc2nnc(S[C@@H](C)C(=O)N(C)C)s2)cc1. The lowest BCUT2D eigenvalue weighted by molar-refractivity contribution is -0.127. The maximum atomic E-state index is 11.9. The van der Waals surface area contributed by atoms with Crippen LogP contribution in [0.1, 0.15) is 32.3 Å². The fourth-order valence-electron chi connectivity index (χ4n) is 1.95. The molecule has 0 fully saturated rings. The number of thioether (sulfide) groups is 1. The summed E-state index contributed by atoms with van der Waals surface area (Å²) in [7, 11) is 3.51. The molecule has 1 heterocycles. The number of rotatable bonds is 6. The first-order valence-electron chi connectivity index (χ1n) is 7.45. The average molecular weight is 351 g/mol. The van der Waals surface area contributed by atoms with Crippen molar-refractivity contribution in [2.45, 2.75) is 36.3 Å². The maximum absolute atomic E-state index is 11.9. The zero-order valence-corrected chi connectivity index (χ0v) is 15.7. The first kappa shape index (κ1) is 17.7. The molecule has 0 spiro atoms. The summed E-state index contributed by atoms with van der Waals surface area (Å²) in [6.07, 6.45) is 0. The molecule has 0 saturated heterocycles. The van der Waals surface area contributed by atoms with Crippen LogP contribution in [0.5, 0.6) is 0 Å². The van der Waals surface area contributed by atoms with Crippen molar-refractivity contribution in [3.63, 3.8) is 0 Å². The van der Waals surface area contributed by atoms with Gasteiger partial charge in [0.1, 0.15) is 0 Å². The second-order valence-electron chi connectivity index (χ2n) is 5.77. The smallest absolute Gasteiger partial charge is 0.235 e. The standard InChI is InChI=1S/C16H22N4OS2/c1-10(2)12-6-8-13(9-7-12)17-15-18-19-16(23-15)22-11(3)14(21)20(4)5/h6-11H,1-5H3,(H,17,18)/t11-/m0/s1. The van der Waals surface area contributed by atoms with Crippen LogP contribution < -0.4 is 5.32 Å². The molecule has 0 aliphatic rings. The van der Waals surface area contributed by atoms with E-state index in [0.717, 1.165) is 15.2 Å². The van der Waals surface area contributed by atoms with E-state index in [1.165, 1.54) is 28.7 Å². The quantitative estimate of drug-likeness (QED) is 0.799. The highest BCUT2D eigenvalue weighted by Crippen LogP contribution is 2.31. The summed E-state index contributed by atoms with van der Waals surface area (Å²) >= 11 is 2.89. The Kier molecular flexibility index (Phi) is 6.01. The van der Waals surface area contributed by atoms with Gasteiger partial charge in [-0.2, -0.15) is 0 Å². The summed E-state index contributed by atoms with van der Waals surface area (Å²) in [5, 5.41) is 12.1. The van der Waals surface area contributed by atoms with Gasteiger partial charge in [-0.1, -0.05) is 49.1 Å². The molecule has 1 amide bonds. The van der Waals surface area contributed by atoms with Crippen molar-refractivity contribution >= 4 is 39.8 Å². The van der Waals surface area contributed by atoms with E-state index in [1.54, 1.807) is 19.0 Å². The third-order valence-electron chi connectivity index (χ3n) is 3.30. The molecule has 1 atom stereocenters. The average Bonchev–Trinajstić information content (AvgIpc) is 2.93. The van der Waals surface area contributed by atoms with Crippen molar-refractivity contribution in [1.82, 2.24) is 15.1 Å². The summed E-state index contributed by atoms with van der Waals surface area (Å²) in [6, 6.07) is 8.31. The fourth-order valence-corrected chi connectivity index (χ4v) is 4.01. The fraction of sp³-hybridized carbons (Fsp3) is 0.438. The van der Waals surface area contributed by atoms with E-state index in [0.29, 0.717) is 5.92 Å². The van der Waals surface area contributed by atoms with Gasteiger partial charge in [-0.25, -0.2) is 0 Å². The molecule has 0 radical (unpaired) electrons. The van der Waals surface area contributed by atoms with Gasteiger partial charge >= 0.3 is 0 Å². The largest absolute Gasteiger partial charge is 0.348 e. The van der Waals surface area contributed by atoms with Gasteiger partial charge in [-0.15, -0.1) is 10.2 Å². The Balaban J connectivity index is 1.98. The minimum Gasteiger partial charge on any atom is -0.348 e. The predicted octanol–water partition coefficient (Wildman–Crippen LogP) is 3.97. The van der Waals surface area contributed by atoms with Crippen LogP contribution in [0.25, 0.3) is 0 Å². The molecule has 5 nitrogen and oxygen atoms in total. The van der Waals surface area contributed by atoms with Gasteiger partial charge in [0.25, 0.3) is 0 Å². The van der Waals surface area contributed by atoms with Crippen LogP contribution in [0.15, 0.2) is 28.6 Å². The Morgan fingerprint density at radius 1 is 1.17 bits per heavy atom. The van der Waals surface area contributed by atoms with Gasteiger partial charge < -0.3 is 10.2 Å². The van der Waals surface area contributed by atoms with E-state index in [1.807, 2.05) is 19.1 Å². The summed E-state index contributed by atoms with van der Waals surface area (Å²) in [6.45, 7) is 6.23. The molecule has 2 rings (SSSR count). The lowest BCUT2D eigenvalue weighted by atomic mass is 10.0. The van der Waals surface area contributed by atoms with Crippen molar-refractivity contribution in [2.24, 2.45) is 0 Å². The van der Waals surface area contributed by atoms with Crippen molar-refractivity contribution < 1.29 is 4.79 Å². The maximum Gasteiger partial charge on any atom is 0.235 e. The molecule has 0 unspecified atom stereocenters. The lowest BCUT2D eigenvalue weighted by Gasteiger charge is -2.14. The molecule has 0 bridgehead atoms. The highest BCUT2D eigenvalue weighted by molar-refractivity contribution is 8.02. The third kappa shape index (κ3) is 4.94. The van der Waals surface area contributed by atoms with Crippen LogP contribution in [0.2, 0.25) is 0 Å². The predicted molar refractivity (Wildman–Crippen MR) is 97.7 cm³/mol. The number of aromatic nitrogens is 2. The normalized spacial score (nSPS) is 12.3. The first-order valence-corrected chi connectivity index (χ1v) is 9.14. The second-order valence-corrected chi connectivity index (χ2v) is 8.33. The van der Waals surface area contributed by atoms with Gasteiger partial charge in [0.05, 0.1) is 5.25 Å². The topological polar surface area (TPSA) is 58.1 Å². The molecule has 23 heavy (non-hydrogen) atoms. The van der Waals surface area contributed by atoms with Gasteiger partial charge in [-0.3, -0.25) is 4.79 Å². The summed E-state index contributed by atoms with van der Waals surface area (Å²) in [5.41, 5.74) is 2.29. The Morgan fingerprint density at radius 3 is 2.39 bits per heavy atom. The Bertz CT molecular complexity index is 652. The highest BCUT2D eigenvalue weighted by Gasteiger charge is 2.18. The third-order valence-corrected chi connectivity index (χ3v) is 5.31. The molecule has 2 aromatic rings. The van der Waals surface area contributed by atoms with Gasteiger partial charge in [0.15, 0.2) is 4.34 Å². The number of hydrogen-bond acceptors (Lipinski definition) is 6. The zero-order chi connectivity index (χ0) is 17.0. The minimum absolute atomic E-state index is 0.0731. The molecule has 1 aromatic carbocycles. The lowest BCUT2D eigenvalue weighted by Crippen LogP contribution is -2.29. The molecule has 1 N–H and O–H groups in total. The van der Waals surface area contributed by atoms with Crippen molar-refractivity contribution in [3.8, 4) is 0 Å². The molecule has 0 aliphatic carbocycles. The summed E-state index contributed by atoms with van der Waals surface area (Å²) in [5.74, 6) is 0.591. The van der Waals surface area contributed by atoms with Crippen LogP contribution in [0, 0.1) is 0 Å². The second kappa shape index (κ2) is 7.79. The van der Waals surface area contributed by atoms with E-state index in [4.69, 9.17) is 0 Å². The van der Waals surface area contributed by atoms with Crippen LogP contribution in [-0.4, -0.2) is 40.3 Å². The number of nitrogens with zero attached hydrogens (tertiary/aromatic N) is 3. The van der Waals surface area contributed by atoms with E-state index in [9.17, 15) is 4.79 Å². The van der Waals surface area contributed by atoms with Crippen molar-refractivity contribution in [1.29, 1.82) is 0 Å². The van der Waals surface area contributed by atoms with E-state index < -0.39 is 0 Å². The molecule has 124 valence electrons. The van der Waals surface area contributed by atoms with Crippen LogP contribution in [0.3, 0.4) is 0 Å². The van der Waals surface area contributed by atoms with Crippen molar-refractivity contribution in [3.05, 3.63) is 29.8 Å². The monoisotopic (exact) mass is 350 g/mol. The number of anilines is 2. The molecule has 7 heteroatoms. The van der Waals surface area contributed by atoms with Crippen LogP contribution in [0.4, 0.5) is 10.8 Å². The Morgan fingerprint density at radius 2 is 1.83 bits per heavy atom. The van der Waals surface area contributed by atoms with Gasteiger partial charge in [-0.05, 0) is 30.5 Å². The Hall–Kier alpha value is -1.60. The summed E-state index contributed by atoms with van der Waals surface area (Å²) in [4.78, 5) is 13.5. The highest BCUT2D eigenvalue weighted by atomic mass is 32.2. The molecule has 0 aliphatic heterocycles. The van der Waals surface area contributed by atoms with Crippen molar-refractivity contribution in [2.75, 3.05) is 19.4 Å². The van der Waals surface area contributed by atoms with Gasteiger partial charge in [0.2, 0.25) is 11.0 Å². The number of hydrogen-bond donors (Lipinski definition) is 1. The summed E-state index contributed by atoms with van der Waals surface area (Å²) < 4.78 is 0.786. The Labute approximate surface area is 145 Å². The molecule has 1 aromatic heterocycles. The number of benzene rings is 1. The van der Waals surface area contributed by atoms with E-state index >= 15 is 0 Å². The number of carbonyl (C=O) groups is 1. The number of carbonyl (C=O) groups excluding carboxylic acids is 1. The molecular formula is C16H22N4OS2. The van der Waals surface area contributed by atoms with Crippen LogP contribution in [-0.2, 0) is 4.79 Å². The zero-order valence-electron chi connectivity index (χ0n) is 14.0. The van der Waals surface area contributed by atoms with E-state index in [-0.39, 0.29) is 11.2 Å². The number of amides is 1. The molecular weight excluding hydrogens is 328 g/mol. The first-order chi connectivity index (χ1) is 10.9. The minimum atomic E-state index is -0.170.